The molecule has 0 atom stereocenters. The maximum Gasteiger partial charge on any atom is 0.213 e. The zero-order chi connectivity index (χ0) is 14.8. The summed E-state index contributed by atoms with van der Waals surface area (Å²) in [6.45, 7) is 0.000769. The molecular formula is C11H15N3O4S2. The highest BCUT2D eigenvalue weighted by atomic mass is 32.2. The van der Waals surface area contributed by atoms with E-state index < -0.39 is 31.4 Å². The van der Waals surface area contributed by atoms with Gasteiger partial charge >= 0.3 is 0 Å². The molecule has 0 bridgehead atoms. The highest BCUT2D eigenvalue weighted by Gasteiger charge is 2.15. The van der Waals surface area contributed by atoms with Gasteiger partial charge in [-0.1, -0.05) is 12.1 Å². The lowest BCUT2D eigenvalue weighted by molar-refractivity contribution is 0.577. The molecule has 0 unspecified atom stereocenters. The summed E-state index contributed by atoms with van der Waals surface area (Å²) < 4.78 is 47.5. The van der Waals surface area contributed by atoms with Gasteiger partial charge < -0.3 is 4.98 Å². The first kappa shape index (κ1) is 14.9. The highest BCUT2D eigenvalue weighted by molar-refractivity contribution is 7.93. The Balaban J connectivity index is 2.00. The van der Waals surface area contributed by atoms with Crippen LogP contribution in [-0.2, 0) is 26.4 Å². The summed E-state index contributed by atoms with van der Waals surface area (Å²) in [5.41, 5.74) is 1.57. The summed E-state index contributed by atoms with van der Waals surface area (Å²) in [4.78, 5) is 7.21. The maximum atomic E-state index is 11.6. The topological polar surface area (TPSA) is 109 Å². The van der Waals surface area contributed by atoms with Gasteiger partial charge in [0, 0.05) is 6.26 Å². The van der Waals surface area contributed by atoms with Gasteiger partial charge in [-0.05, 0) is 12.1 Å². The van der Waals surface area contributed by atoms with Crippen molar-refractivity contribution in [3.63, 3.8) is 0 Å². The molecule has 0 aliphatic carbocycles. The molecule has 2 rings (SSSR count). The Morgan fingerprint density at radius 3 is 2.50 bits per heavy atom. The van der Waals surface area contributed by atoms with Crippen LogP contribution >= 0.6 is 0 Å². The van der Waals surface area contributed by atoms with Crippen molar-refractivity contribution in [2.75, 3.05) is 17.8 Å². The number of fused-ring (bicyclic) bond motifs is 1. The van der Waals surface area contributed by atoms with E-state index >= 15 is 0 Å². The third-order valence-corrected chi connectivity index (χ3v) is 5.15. The summed E-state index contributed by atoms with van der Waals surface area (Å²) in [6.07, 6.45) is 1.00. The van der Waals surface area contributed by atoms with Gasteiger partial charge in [-0.3, -0.25) is 0 Å². The fourth-order valence-corrected chi connectivity index (χ4v) is 4.19. The second-order valence-corrected chi connectivity index (χ2v) is 8.66. The van der Waals surface area contributed by atoms with Crippen LogP contribution in [0.3, 0.4) is 0 Å². The van der Waals surface area contributed by atoms with E-state index in [1.165, 1.54) is 0 Å². The average Bonchev–Trinajstić information content (AvgIpc) is 2.76. The summed E-state index contributed by atoms with van der Waals surface area (Å²) in [6, 6.07) is 7.33. The van der Waals surface area contributed by atoms with Crippen LogP contribution in [0.5, 0.6) is 0 Å². The van der Waals surface area contributed by atoms with Crippen molar-refractivity contribution in [2.24, 2.45) is 0 Å². The zero-order valence-electron chi connectivity index (χ0n) is 10.8. The van der Waals surface area contributed by atoms with Gasteiger partial charge in [0.15, 0.2) is 0 Å². The van der Waals surface area contributed by atoms with Crippen LogP contribution in [0.1, 0.15) is 5.82 Å². The first-order valence-electron chi connectivity index (χ1n) is 5.84. The molecule has 0 aliphatic rings. The Kier molecular flexibility index (Phi) is 4.11. The number of aromatic nitrogens is 2. The van der Waals surface area contributed by atoms with Crippen LogP contribution < -0.4 is 4.72 Å². The number of sulfone groups is 1. The molecule has 0 saturated carbocycles. The number of rotatable bonds is 6. The molecule has 0 spiro atoms. The van der Waals surface area contributed by atoms with Gasteiger partial charge in [-0.2, -0.15) is 0 Å². The second kappa shape index (κ2) is 5.51. The quantitative estimate of drug-likeness (QED) is 0.781. The van der Waals surface area contributed by atoms with Crippen molar-refractivity contribution >= 4 is 30.9 Å². The summed E-state index contributed by atoms with van der Waals surface area (Å²) in [7, 11) is -6.94. The van der Waals surface area contributed by atoms with Crippen molar-refractivity contribution in [1.82, 2.24) is 14.7 Å². The van der Waals surface area contributed by atoms with Gasteiger partial charge in [0.2, 0.25) is 10.0 Å². The molecule has 1 aromatic carbocycles. The van der Waals surface area contributed by atoms with E-state index in [1.807, 2.05) is 24.3 Å². The maximum absolute atomic E-state index is 11.6. The monoisotopic (exact) mass is 317 g/mol. The van der Waals surface area contributed by atoms with E-state index in [4.69, 9.17) is 0 Å². The number of nitrogens with zero attached hydrogens (tertiary/aromatic N) is 1. The molecule has 2 N–H and O–H groups in total. The normalized spacial score (nSPS) is 12.8. The van der Waals surface area contributed by atoms with Gasteiger partial charge in [0.1, 0.15) is 15.7 Å². The Labute approximate surface area is 117 Å². The van der Waals surface area contributed by atoms with Crippen LogP contribution in [0.2, 0.25) is 0 Å². The van der Waals surface area contributed by atoms with Crippen LogP contribution in [0.15, 0.2) is 24.3 Å². The lowest BCUT2D eigenvalue weighted by Gasteiger charge is -2.04. The number of nitrogens with one attached hydrogen (secondary N) is 2. The molecule has 0 saturated heterocycles. The van der Waals surface area contributed by atoms with E-state index in [0.717, 1.165) is 17.3 Å². The number of benzene rings is 1. The van der Waals surface area contributed by atoms with Crippen molar-refractivity contribution in [3.8, 4) is 0 Å². The number of hydrogen-bond donors (Lipinski definition) is 2. The number of para-hydroxylation sites is 2. The minimum Gasteiger partial charge on any atom is -0.341 e. The molecule has 0 fully saturated rings. The Hall–Kier alpha value is -1.45. The SMILES string of the molecule is CS(=O)(=O)CCS(=O)(=O)NCc1nc2ccccc2[nH]1. The van der Waals surface area contributed by atoms with Crippen LogP contribution in [0.25, 0.3) is 11.0 Å². The number of aromatic amines is 1. The minimum absolute atomic E-state index is 0.000769. The third-order valence-electron chi connectivity index (χ3n) is 2.62. The van der Waals surface area contributed by atoms with Gasteiger partial charge in [-0.15, -0.1) is 0 Å². The molecule has 9 heteroatoms. The van der Waals surface area contributed by atoms with Crippen molar-refractivity contribution < 1.29 is 16.8 Å². The van der Waals surface area contributed by atoms with Gasteiger partial charge in [0.25, 0.3) is 0 Å². The predicted octanol–water partition coefficient (Wildman–Crippen LogP) is 0.0269. The lowest BCUT2D eigenvalue weighted by Crippen LogP contribution is -2.29. The fourth-order valence-electron chi connectivity index (χ4n) is 1.60. The standard InChI is InChI=1S/C11H15N3O4S2/c1-19(15,16)6-7-20(17,18)12-8-11-13-9-4-2-3-5-10(9)14-11/h2-5,12H,6-8H2,1H3,(H,13,14). The third kappa shape index (κ3) is 4.29. The summed E-state index contributed by atoms with van der Waals surface area (Å²) in [5, 5.41) is 0. The molecule has 0 radical (unpaired) electrons. The van der Waals surface area contributed by atoms with Gasteiger partial charge in [0.05, 0.1) is 29.1 Å². The molecule has 1 heterocycles. The minimum atomic E-state index is -3.64. The molecule has 1 aromatic heterocycles. The lowest BCUT2D eigenvalue weighted by atomic mass is 10.3. The van der Waals surface area contributed by atoms with E-state index in [-0.39, 0.29) is 6.54 Å². The van der Waals surface area contributed by atoms with E-state index in [0.29, 0.717) is 5.82 Å². The van der Waals surface area contributed by atoms with E-state index in [2.05, 4.69) is 14.7 Å². The zero-order valence-corrected chi connectivity index (χ0v) is 12.5. The molecule has 110 valence electrons. The Bertz CT molecular complexity index is 776. The largest absolute Gasteiger partial charge is 0.341 e. The van der Waals surface area contributed by atoms with E-state index in [1.54, 1.807) is 0 Å². The first-order valence-corrected chi connectivity index (χ1v) is 9.55. The Morgan fingerprint density at radius 1 is 1.15 bits per heavy atom. The summed E-state index contributed by atoms with van der Waals surface area (Å²) in [5.74, 6) is -0.372. The first-order chi connectivity index (χ1) is 9.25. The van der Waals surface area contributed by atoms with Gasteiger partial charge in [-0.25, -0.2) is 26.5 Å². The van der Waals surface area contributed by atoms with Crippen LogP contribution in [0.4, 0.5) is 0 Å². The molecule has 0 amide bonds. The fraction of sp³-hybridized carbons (Fsp3) is 0.364. The second-order valence-electron chi connectivity index (χ2n) is 4.47. The highest BCUT2D eigenvalue weighted by Crippen LogP contribution is 2.10. The van der Waals surface area contributed by atoms with Crippen molar-refractivity contribution in [1.29, 1.82) is 0 Å². The van der Waals surface area contributed by atoms with Crippen molar-refractivity contribution in [3.05, 3.63) is 30.1 Å². The number of sulfonamides is 1. The van der Waals surface area contributed by atoms with Crippen molar-refractivity contribution in [2.45, 2.75) is 6.54 Å². The number of hydrogen-bond acceptors (Lipinski definition) is 5. The Morgan fingerprint density at radius 2 is 1.85 bits per heavy atom. The summed E-state index contributed by atoms with van der Waals surface area (Å²) >= 11 is 0. The molecule has 7 nitrogen and oxygen atoms in total. The number of imidazole rings is 1. The molecular weight excluding hydrogens is 302 g/mol. The predicted molar refractivity (Wildman–Crippen MR) is 76.4 cm³/mol. The number of H-pyrrole nitrogens is 1. The molecule has 2 aromatic rings. The smallest absolute Gasteiger partial charge is 0.213 e. The molecule has 0 aliphatic heterocycles. The van der Waals surface area contributed by atoms with E-state index in [9.17, 15) is 16.8 Å². The molecule has 20 heavy (non-hydrogen) atoms. The van der Waals surface area contributed by atoms with Crippen LogP contribution in [0, 0.1) is 0 Å². The average molecular weight is 317 g/mol. The van der Waals surface area contributed by atoms with Crippen LogP contribution in [-0.4, -0.2) is 44.6 Å².